The summed E-state index contributed by atoms with van der Waals surface area (Å²) in [6, 6.07) is 8.68. The lowest BCUT2D eigenvalue weighted by atomic mass is 10.2. The molecule has 0 fully saturated rings. The van der Waals surface area contributed by atoms with Crippen molar-refractivity contribution in [2.75, 3.05) is 0 Å². The lowest BCUT2D eigenvalue weighted by Crippen LogP contribution is -2.02. The summed E-state index contributed by atoms with van der Waals surface area (Å²) in [5.74, 6) is 0.668. The highest BCUT2D eigenvalue weighted by molar-refractivity contribution is 14.1. The van der Waals surface area contributed by atoms with Crippen LogP contribution in [0.4, 0.5) is 4.39 Å². The fourth-order valence-electron chi connectivity index (χ4n) is 2.11. The van der Waals surface area contributed by atoms with Gasteiger partial charge in [-0.1, -0.05) is 12.1 Å². The van der Waals surface area contributed by atoms with E-state index in [4.69, 9.17) is 0 Å². The Hall–Kier alpha value is -1.50. The van der Waals surface area contributed by atoms with E-state index >= 15 is 0 Å². The number of pyridine rings is 1. The first-order valence-corrected chi connectivity index (χ1v) is 6.94. The summed E-state index contributed by atoms with van der Waals surface area (Å²) in [5.41, 5.74) is 2.63. The number of rotatable bonds is 2. The van der Waals surface area contributed by atoms with Crippen LogP contribution in [-0.4, -0.2) is 14.5 Å². The summed E-state index contributed by atoms with van der Waals surface area (Å²) in [4.78, 5) is 8.74. The summed E-state index contributed by atoms with van der Waals surface area (Å²) in [7, 11) is 0. The minimum absolute atomic E-state index is 0.215. The van der Waals surface area contributed by atoms with Crippen LogP contribution in [0.2, 0.25) is 0 Å². The zero-order chi connectivity index (χ0) is 13.4. The van der Waals surface area contributed by atoms with E-state index in [1.54, 1.807) is 18.3 Å². The van der Waals surface area contributed by atoms with Gasteiger partial charge >= 0.3 is 0 Å². The lowest BCUT2D eigenvalue weighted by molar-refractivity contribution is 0.623. The van der Waals surface area contributed by atoms with Crippen molar-refractivity contribution >= 4 is 33.8 Å². The minimum atomic E-state index is -0.215. The predicted molar refractivity (Wildman–Crippen MR) is 80.5 cm³/mol. The standard InChI is InChI=1S/C14H11FIN3/c1-9-18-14-13(6-12(16)7-17-14)19(9)8-10-3-2-4-11(15)5-10/h2-7H,8H2,1H3. The van der Waals surface area contributed by atoms with E-state index in [9.17, 15) is 4.39 Å². The van der Waals surface area contributed by atoms with E-state index in [1.165, 1.54) is 6.07 Å². The zero-order valence-electron chi connectivity index (χ0n) is 10.3. The average Bonchev–Trinajstić information content (AvgIpc) is 2.66. The van der Waals surface area contributed by atoms with E-state index in [1.807, 2.05) is 19.1 Å². The van der Waals surface area contributed by atoms with E-state index in [0.29, 0.717) is 6.54 Å². The minimum Gasteiger partial charge on any atom is -0.322 e. The van der Waals surface area contributed by atoms with Crippen LogP contribution >= 0.6 is 22.6 Å². The van der Waals surface area contributed by atoms with Crippen LogP contribution in [0.1, 0.15) is 11.4 Å². The molecule has 96 valence electrons. The summed E-state index contributed by atoms with van der Waals surface area (Å²) in [6.45, 7) is 2.54. The van der Waals surface area contributed by atoms with Gasteiger partial charge in [-0.2, -0.15) is 0 Å². The van der Waals surface area contributed by atoms with Crippen LogP contribution in [0.25, 0.3) is 11.2 Å². The van der Waals surface area contributed by atoms with Crippen LogP contribution in [0.5, 0.6) is 0 Å². The molecule has 0 N–H and O–H groups in total. The largest absolute Gasteiger partial charge is 0.322 e. The van der Waals surface area contributed by atoms with Gasteiger partial charge < -0.3 is 4.57 Å². The van der Waals surface area contributed by atoms with E-state index < -0.39 is 0 Å². The van der Waals surface area contributed by atoms with Crippen molar-refractivity contribution in [3.05, 3.63) is 57.3 Å². The molecule has 19 heavy (non-hydrogen) atoms. The molecule has 0 radical (unpaired) electrons. The Kier molecular flexibility index (Phi) is 3.22. The fraction of sp³-hybridized carbons (Fsp3) is 0.143. The molecule has 0 saturated carbocycles. The predicted octanol–water partition coefficient (Wildman–Crippen LogP) is 3.53. The molecule has 0 amide bonds. The van der Waals surface area contributed by atoms with Gasteiger partial charge in [0.2, 0.25) is 0 Å². The highest BCUT2D eigenvalue weighted by Gasteiger charge is 2.09. The van der Waals surface area contributed by atoms with Crippen LogP contribution in [0.15, 0.2) is 36.5 Å². The Morgan fingerprint density at radius 3 is 2.95 bits per heavy atom. The quantitative estimate of drug-likeness (QED) is 0.649. The number of hydrogen-bond donors (Lipinski definition) is 0. The summed E-state index contributed by atoms with van der Waals surface area (Å²) in [5, 5.41) is 0. The van der Waals surface area contributed by atoms with E-state index in [0.717, 1.165) is 26.1 Å². The number of halogens is 2. The molecule has 3 rings (SSSR count). The molecule has 3 nitrogen and oxygen atoms in total. The first-order valence-electron chi connectivity index (χ1n) is 5.86. The molecule has 0 aliphatic heterocycles. The second-order valence-electron chi connectivity index (χ2n) is 4.37. The molecule has 5 heteroatoms. The third-order valence-corrected chi connectivity index (χ3v) is 3.58. The maximum atomic E-state index is 13.2. The molecular weight excluding hydrogens is 356 g/mol. The van der Waals surface area contributed by atoms with Gasteiger partial charge in [-0.05, 0) is 53.3 Å². The maximum absolute atomic E-state index is 13.2. The Bertz CT molecular complexity index is 752. The first kappa shape index (κ1) is 12.5. The number of nitrogens with zero attached hydrogens (tertiary/aromatic N) is 3. The van der Waals surface area contributed by atoms with Gasteiger partial charge in [0.25, 0.3) is 0 Å². The summed E-state index contributed by atoms with van der Waals surface area (Å²) in [6.07, 6.45) is 1.79. The van der Waals surface area contributed by atoms with Gasteiger partial charge in [0, 0.05) is 16.3 Å². The highest BCUT2D eigenvalue weighted by Crippen LogP contribution is 2.18. The summed E-state index contributed by atoms with van der Waals surface area (Å²) < 4.78 is 16.4. The van der Waals surface area contributed by atoms with Gasteiger partial charge in [0.15, 0.2) is 5.65 Å². The Labute approximate surface area is 123 Å². The van der Waals surface area contributed by atoms with Crippen LogP contribution in [0.3, 0.4) is 0 Å². The molecule has 1 aromatic carbocycles. The van der Waals surface area contributed by atoms with Crippen molar-refractivity contribution in [2.24, 2.45) is 0 Å². The molecule has 3 aromatic rings. The normalized spacial score (nSPS) is 11.1. The van der Waals surface area contributed by atoms with Crippen molar-refractivity contribution in [1.29, 1.82) is 0 Å². The number of imidazole rings is 1. The number of aryl methyl sites for hydroxylation is 1. The van der Waals surface area contributed by atoms with Gasteiger partial charge in [-0.15, -0.1) is 0 Å². The molecule has 2 heterocycles. The molecular formula is C14H11FIN3. The number of aromatic nitrogens is 3. The molecule has 0 atom stereocenters. The summed E-state index contributed by atoms with van der Waals surface area (Å²) >= 11 is 2.23. The lowest BCUT2D eigenvalue weighted by Gasteiger charge is -2.07. The van der Waals surface area contributed by atoms with Crippen molar-refractivity contribution < 1.29 is 4.39 Å². The smallest absolute Gasteiger partial charge is 0.177 e. The van der Waals surface area contributed by atoms with Gasteiger partial charge in [-0.3, -0.25) is 0 Å². The van der Waals surface area contributed by atoms with Crippen LogP contribution in [-0.2, 0) is 6.54 Å². The zero-order valence-corrected chi connectivity index (χ0v) is 12.4. The van der Waals surface area contributed by atoms with Crippen molar-refractivity contribution in [3.63, 3.8) is 0 Å². The third-order valence-electron chi connectivity index (χ3n) is 2.99. The second kappa shape index (κ2) is 4.88. The monoisotopic (exact) mass is 367 g/mol. The fourth-order valence-corrected chi connectivity index (χ4v) is 2.55. The molecule has 0 bridgehead atoms. The first-order chi connectivity index (χ1) is 9.13. The molecule has 0 saturated heterocycles. The Balaban J connectivity index is 2.09. The van der Waals surface area contributed by atoms with Crippen LogP contribution < -0.4 is 0 Å². The van der Waals surface area contributed by atoms with Crippen molar-refractivity contribution in [2.45, 2.75) is 13.5 Å². The molecule has 0 aliphatic rings. The SMILES string of the molecule is Cc1nc2ncc(I)cc2n1Cc1cccc(F)c1. The van der Waals surface area contributed by atoms with E-state index in [-0.39, 0.29) is 5.82 Å². The maximum Gasteiger partial charge on any atom is 0.177 e. The third kappa shape index (κ3) is 2.47. The number of benzene rings is 1. The Morgan fingerprint density at radius 1 is 1.32 bits per heavy atom. The molecule has 0 spiro atoms. The second-order valence-corrected chi connectivity index (χ2v) is 5.62. The number of hydrogen-bond acceptors (Lipinski definition) is 2. The number of fused-ring (bicyclic) bond motifs is 1. The molecule has 0 aliphatic carbocycles. The van der Waals surface area contributed by atoms with Gasteiger partial charge in [0.05, 0.1) is 5.52 Å². The molecule has 2 aromatic heterocycles. The van der Waals surface area contributed by atoms with Crippen molar-refractivity contribution in [1.82, 2.24) is 14.5 Å². The van der Waals surface area contributed by atoms with Gasteiger partial charge in [-0.25, -0.2) is 14.4 Å². The van der Waals surface area contributed by atoms with Crippen molar-refractivity contribution in [3.8, 4) is 0 Å². The average molecular weight is 367 g/mol. The topological polar surface area (TPSA) is 30.7 Å². The molecule has 0 unspecified atom stereocenters. The van der Waals surface area contributed by atoms with Crippen LogP contribution in [0, 0.1) is 16.3 Å². The Morgan fingerprint density at radius 2 is 2.16 bits per heavy atom. The highest BCUT2D eigenvalue weighted by atomic mass is 127. The van der Waals surface area contributed by atoms with E-state index in [2.05, 4.69) is 37.1 Å². The van der Waals surface area contributed by atoms with Gasteiger partial charge in [0.1, 0.15) is 11.6 Å².